The molecule has 4 aromatic rings. The van der Waals surface area contributed by atoms with Crippen molar-refractivity contribution in [2.75, 3.05) is 4.72 Å². The SMILES string of the molecule is O=S(=O)(Nc1cccc(OCc2ccccn2)c1)c1ccccc1-c1ccccc1. The fourth-order valence-corrected chi connectivity index (χ4v) is 4.34. The number of nitrogens with one attached hydrogen (secondary N) is 1. The Kier molecular flexibility index (Phi) is 5.77. The number of hydrogen-bond acceptors (Lipinski definition) is 4. The lowest BCUT2D eigenvalue weighted by Crippen LogP contribution is -2.14. The van der Waals surface area contributed by atoms with E-state index in [1.165, 1.54) is 0 Å². The highest BCUT2D eigenvalue weighted by molar-refractivity contribution is 7.92. The smallest absolute Gasteiger partial charge is 0.262 e. The molecule has 0 aliphatic rings. The third-order valence-corrected chi connectivity index (χ3v) is 5.90. The van der Waals surface area contributed by atoms with Crippen LogP contribution in [0.1, 0.15) is 5.69 Å². The van der Waals surface area contributed by atoms with Crippen LogP contribution in [0.4, 0.5) is 5.69 Å². The largest absolute Gasteiger partial charge is 0.487 e. The summed E-state index contributed by atoms with van der Waals surface area (Å²) in [6, 6.07) is 28.9. The molecule has 0 unspecified atom stereocenters. The molecule has 6 heteroatoms. The lowest BCUT2D eigenvalue weighted by Gasteiger charge is -2.13. The third kappa shape index (κ3) is 4.67. The lowest BCUT2D eigenvalue weighted by atomic mass is 10.1. The van der Waals surface area contributed by atoms with Gasteiger partial charge in [-0.2, -0.15) is 0 Å². The van der Waals surface area contributed by atoms with Gasteiger partial charge in [0.1, 0.15) is 12.4 Å². The molecule has 0 fully saturated rings. The summed E-state index contributed by atoms with van der Waals surface area (Å²) < 4.78 is 34.7. The Morgan fingerprint density at radius 1 is 0.800 bits per heavy atom. The summed E-state index contributed by atoms with van der Waals surface area (Å²) in [4.78, 5) is 4.44. The molecule has 0 spiro atoms. The Morgan fingerprint density at radius 3 is 2.37 bits per heavy atom. The van der Waals surface area contributed by atoms with Crippen LogP contribution in [0, 0.1) is 0 Å². The molecule has 0 atom stereocenters. The van der Waals surface area contributed by atoms with Crippen molar-refractivity contribution in [3.8, 4) is 16.9 Å². The molecule has 0 saturated carbocycles. The van der Waals surface area contributed by atoms with Crippen LogP contribution in [-0.2, 0) is 16.6 Å². The van der Waals surface area contributed by atoms with E-state index >= 15 is 0 Å². The molecule has 0 radical (unpaired) electrons. The number of pyridine rings is 1. The Bertz CT molecular complexity index is 1230. The first-order valence-corrected chi connectivity index (χ1v) is 10.9. The molecule has 0 aliphatic heterocycles. The number of ether oxygens (including phenoxy) is 1. The van der Waals surface area contributed by atoms with Crippen LogP contribution in [0.5, 0.6) is 5.75 Å². The van der Waals surface area contributed by atoms with Gasteiger partial charge in [0.2, 0.25) is 0 Å². The number of anilines is 1. The van der Waals surface area contributed by atoms with E-state index in [2.05, 4.69) is 9.71 Å². The molecule has 0 aliphatic carbocycles. The zero-order valence-electron chi connectivity index (χ0n) is 16.1. The van der Waals surface area contributed by atoms with Gasteiger partial charge >= 0.3 is 0 Å². The average molecular weight is 417 g/mol. The van der Waals surface area contributed by atoms with Crippen LogP contribution in [0.2, 0.25) is 0 Å². The number of hydrogen-bond donors (Lipinski definition) is 1. The predicted octanol–water partition coefficient (Wildman–Crippen LogP) is 5.13. The van der Waals surface area contributed by atoms with Crippen LogP contribution in [0.25, 0.3) is 11.1 Å². The van der Waals surface area contributed by atoms with Crippen molar-refractivity contribution in [1.82, 2.24) is 4.98 Å². The molecule has 150 valence electrons. The predicted molar refractivity (Wildman–Crippen MR) is 118 cm³/mol. The Morgan fingerprint density at radius 2 is 1.57 bits per heavy atom. The molecular weight excluding hydrogens is 396 g/mol. The minimum absolute atomic E-state index is 0.219. The summed E-state index contributed by atoms with van der Waals surface area (Å²) in [6.07, 6.45) is 1.70. The van der Waals surface area contributed by atoms with Crippen molar-refractivity contribution in [3.05, 3.63) is 109 Å². The summed E-state index contributed by atoms with van der Waals surface area (Å²) in [5.74, 6) is 0.553. The minimum atomic E-state index is -3.79. The monoisotopic (exact) mass is 416 g/mol. The average Bonchev–Trinajstić information content (AvgIpc) is 2.79. The van der Waals surface area contributed by atoms with Gasteiger partial charge in [-0.3, -0.25) is 9.71 Å². The quantitative estimate of drug-likeness (QED) is 0.454. The van der Waals surface area contributed by atoms with Crippen LogP contribution in [0.15, 0.2) is 108 Å². The van der Waals surface area contributed by atoms with Gasteiger partial charge in [-0.25, -0.2) is 8.42 Å². The molecule has 0 bridgehead atoms. The van der Waals surface area contributed by atoms with Crippen molar-refractivity contribution in [2.45, 2.75) is 11.5 Å². The first-order chi connectivity index (χ1) is 14.6. The number of sulfonamides is 1. The van der Waals surface area contributed by atoms with Gasteiger partial charge in [-0.1, -0.05) is 60.7 Å². The molecule has 0 amide bonds. The van der Waals surface area contributed by atoms with Gasteiger partial charge in [0, 0.05) is 17.8 Å². The topological polar surface area (TPSA) is 68.3 Å². The normalized spacial score (nSPS) is 11.1. The number of rotatable bonds is 7. The van der Waals surface area contributed by atoms with E-state index in [-0.39, 0.29) is 4.90 Å². The van der Waals surface area contributed by atoms with E-state index in [1.807, 2.05) is 54.6 Å². The summed E-state index contributed by atoms with van der Waals surface area (Å²) in [6.45, 7) is 0.299. The maximum atomic E-state index is 13.1. The zero-order valence-corrected chi connectivity index (χ0v) is 16.9. The fourth-order valence-electron chi connectivity index (χ4n) is 3.06. The summed E-state index contributed by atoms with van der Waals surface area (Å²) in [7, 11) is -3.79. The Labute approximate surface area is 176 Å². The van der Waals surface area contributed by atoms with E-state index in [1.54, 1.807) is 48.7 Å². The molecule has 30 heavy (non-hydrogen) atoms. The van der Waals surface area contributed by atoms with E-state index in [9.17, 15) is 8.42 Å². The molecule has 1 heterocycles. The maximum Gasteiger partial charge on any atom is 0.262 e. The molecule has 1 aromatic heterocycles. The maximum absolute atomic E-state index is 13.1. The molecule has 5 nitrogen and oxygen atoms in total. The van der Waals surface area contributed by atoms with Crippen LogP contribution in [-0.4, -0.2) is 13.4 Å². The Balaban J connectivity index is 1.56. The highest BCUT2D eigenvalue weighted by atomic mass is 32.2. The standard InChI is InChI=1S/C24H20N2O3S/c27-30(28,24-15-5-4-14-23(24)19-9-2-1-3-10-19)26-20-12-8-13-22(17-20)29-18-21-11-6-7-16-25-21/h1-17,26H,18H2. The second-order valence-electron chi connectivity index (χ2n) is 6.61. The molecule has 0 saturated heterocycles. The second kappa shape index (κ2) is 8.80. The van der Waals surface area contributed by atoms with Crippen molar-refractivity contribution in [2.24, 2.45) is 0 Å². The van der Waals surface area contributed by atoms with Gasteiger partial charge in [0.25, 0.3) is 10.0 Å². The summed E-state index contributed by atoms with van der Waals surface area (Å²) in [5.41, 5.74) is 2.70. The van der Waals surface area contributed by atoms with E-state index in [0.29, 0.717) is 23.6 Å². The van der Waals surface area contributed by atoms with Crippen LogP contribution < -0.4 is 9.46 Å². The van der Waals surface area contributed by atoms with E-state index in [0.717, 1.165) is 11.3 Å². The van der Waals surface area contributed by atoms with Crippen molar-refractivity contribution >= 4 is 15.7 Å². The Hall–Kier alpha value is -3.64. The first-order valence-electron chi connectivity index (χ1n) is 9.42. The molecule has 1 N–H and O–H groups in total. The summed E-state index contributed by atoms with van der Waals surface area (Å²) >= 11 is 0. The molecule has 3 aromatic carbocycles. The van der Waals surface area contributed by atoms with E-state index in [4.69, 9.17) is 4.74 Å². The highest BCUT2D eigenvalue weighted by Gasteiger charge is 2.19. The third-order valence-electron chi connectivity index (χ3n) is 4.46. The first kappa shape index (κ1) is 19.7. The van der Waals surface area contributed by atoms with Crippen LogP contribution >= 0.6 is 0 Å². The van der Waals surface area contributed by atoms with Gasteiger partial charge in [-0.05, 0) is 35.9 Å². The minimum Gasteiger partial charge on any atom is -0.487 e. The fraction of sp³-hybridized carbons (Fsp3) is 0.0417. The summed E-state index contributed by atoms with van der Waals surface area (Å²) in [5, 5.41) is 0. The van der Waals surface area contributed by atoms with Gasteiger partial charge in [-0.15, -0.1) is 0 Å². The van der Waals surface area contributed by atoms with Crippen molar-refractivity contribution < 1.29 is 13.2 Å². The van der Waals surface area contributed by atoms with Gasteiger partial charge in [0.05, 0.1) is 16.3 Å². The molecular formula is C24H20N2O3S. The number of benzene rings is 3. The number of nitrogens with zero attached hydrogens (tertiary/aromatic N) is 1. The second-order valence-corrected chi connectivity index (χ2v) is 8.26. The van der Waals surface area contributed by atoms with Crippen LogP contribution in [0.3, 0.4) is 0 Å². The van der Waals surface area contributed by atoms with Crippen molar-refractivity contribution in [1.29, 1.82) is 0 Å². The van der Waals surface area contributed by atoms with Gasteiger partial charge in [0.15, 0.2) is 0 Å². The van der Waals surface area contributed by atoms with Gasteiger partial charge < -0.3 is 4.74 Å². The van der Waals surface area contributed by atoms with Crippen molar-refractivity contribution in [3.63, 3.8) is 0 Å². The number of aromatic nitrogens is 1. The lowest BCUT2D eigenvalue weighted by molar-refractivity contribution is 0.301. The van der Waals surface area contributed by atoms with E-state index < -0.39 is 10.0 Å². The molecule has 4 rings (SSSR count). The highest BCUT2D eigenvalue weighted by Crippen LogP contribution is 2.29. The zero-order chi connectivity index (χ0) is 20.8.